The number of carbonyl (C=O) groups is 1. The van der Waals surface area contributed by atoms with Gasteiger partial charge in [0.2, 0.25) is 0 Å². The molecule has 0 atom stereocenters. The van der Waals surface area contributed by atoms with E-state index in [4.69, 9.17) is 0 Å². The van der Waals surface area contributed by atoms with Crippen LogP contribution in [0.1, 0.15) is 35.2 Å². The number of ketones is 1. The van der Waals surface area contributed by atoms with Crippen LogP contribution in [0.3, 0.4) is 0 Å². The molecule has 0 bridgehead atoms. The fourth-order valence-electron chi connectivity index (χ4n) is 1.73. The Morgan fingerprint density at radius 1 is 1.27 bits per heavy atom. The highest BCUT2D eigenvalue weighted by atomic mass is 79.9. The van der Waals surface area contributed by atoms with E-state index in [0.29, 0.717) is 0 Å². The highest BCUT2D eigenvalue weighted by molar-refractivity contribution is 9.11. The lowest BCUT2D eigenvalue weighted by Crippen LogP contribution is -2.22. The number of hydrogen-bond acceptors (Lipinski definition) is 1. The first-order valence-electron chi connectivity index (χ1n) is 5.09. The third-order valence-corrected chi connectivity index (χ3v) is 4.50. The lowest BCUT2D eigenvalue weighted by Gasteiger charge is -2.24. The van der Waals surface area contributed by atoms with Gasteiger partial charge in [-0.1, -0.05) is 38.3 Å². The summed E-state index contributed by atoms with van der Waals surface area (Å²) in [6, 6.07) is 3.93. The summed E-state index contributed by atoms with van der Waals surface area (Å²) in [4.78, 5) is 12.1. The van der Waals surface area contributed by atoms with Crippen LogP contribution in [0, 0.1) is 12.8 Å². The molecule has 0 radical (unpaired) electrons. The van der Waals surface area contributed by atoms with E-state index in [1.807, 2.05) is 19.1 Å². The van der Waals surface area contributed by atoms with Gasteiger partial charge in [-0.25, -0.2) is 0 Å². The fraction of sp³-hybridized carbons (Fsp3) is 0.417. The molecule has 15 heavy (non-hydrogen) atoms. The van der Waals surface area contributed by atoms with Crippen LogP contribution in [0.5, 0.6) is 0 Å². The molecule has 0 N–H and O–H groups in total. The molecule has 80 valence electrons. The van der Waals surface area contributed by atoms with Gasteiger partial charge in [-0.3, -0.25) is 4.79 Å². The number of hydrogen-bond donors (Lipinski definition) is 0. The average Bonchev–Trinajstić information content (AvgIpc) is 2.08. The van der Waals surface area contributed by atoms with E-state index in [-0.39, 0.29) is 11.7 Å². The van der Waals surface area contributed by atoms with E-state index >= 15 is 0 Å². The molecule has 0 saturated heterocycles. The Bertz CT molecular complexity index is 408. The summed E-state index contributed by atoms with van der Waals surface area (Å²) in [7, 11) is 0. The highest BCUT2D eigenvalue weighted by Crippen LogP contribution is 2.34. The number of rotatable bonds is 2. The molecule has 0 aliphatic heterocycles. The number of aryl methyl sites for hydroxylation is 1. The number of carbonyl (C=O) groups excluding carboxylic acids is 1. The Kier molecular flexibility index (Phi) is 3.31. The van der Waals surface area contributed by atoms with Crippen LogP contribution in [-0.4, -0.2) is 5.78 Å². The second kappa shape index (κ2) is 4.38. The summed E-state index contributed by atoms with van der Waals surface area (Å²) in [5, 5.41) is 0. The maximum atomic E-state index is 12.1. The first kappa shape index (κ1) is 11.3. The van der Waals surface area contributed by atoms with Gasteiger partial charge in [0.05, 0.1) is 0 Å². The van der Waals surface area contributed by atoms with Crippen molar-refractivity contribution in [2.75, 3.05) is 0 Å². The molecule has 0 unspecified atom stereocenters. The molecule has 1 aromatic carbocycles. The molecular weight excluding hydrogens is 320 g/mol. The minimum Gasteiger partial charge on any atom is -0.294 e. The maximum Gasteiger partial charge on any atom is 0.167 e. The molecule has 1 saturated carbocycles. The third kappa shape index (κ3) is 2.18. The second-order valence-corrected chi connectivity index (χ2v) is 5.78. The van der Waals surface area contributed by atoms with Crippen molar-refractivity contribution in [2.24, 2.45) is 5.92 Å². The molecule has 0 heterocycles. The SMILES string of the molecule is Cc1cc(Br)c(C(=O)C2CCC2)cc1Br. The van der Waals surface area contributed by atoms with Gasteiger partial charge in [-0.05, 0) is 37.5 Å². The normalized spacial score (nSPS) is 16.2. The topological polar surface area (TPSA) is 17.1 Å². The van der Waals surface area contributed by atoms with Gasteiger partial charge >= 0.3 is 0 Å². The van der Waals surface area contributed by atoms with E-state index in [9.17, 15) is 4.79 Å². The van der Waals surface area contributed by atoms with Crippen molar-refractivity contribution < 1.29 is 4.79 Å². The van der Waals surface area contributed by atoms with Crippen LogP contribution in [0.25, 0.3) is 0 Å². The van der Waals surface area contributed by atoms with E-state index in [1.54, 1.807) is 0 Å². The second-order valence-electron chi connectivity index (χ2n) is 4.07. The predicted molar refractivity (Wildman–Crippen MR) is 68.3 cm³/mol. The van der Waals surface area contributed by atoms with Gasteiger partial charge in [-0.2, -0.15) is 0 Å². The van der Waals surface area contributed by atoms with Crippen LogP contribution in [0.15, 0.2) is 21.1 Å². The molecule has 3 heteroatoms. The molecule has 0 amide bonds. The Morgan fingerprint density at radius 2 is 1.93 bits per heavy atom. The third-order valence-electron chi connectivity index (χ3n) is 2.99. The summed E-state index contributed by atoms with van der Waals surface area (Å²) >= 11 is 6.93. The number of halogens is 2. The summed E-state index contributed by atoms with van der Waals surface area (Å²) < 4.78 is 1.92. The van der Waals surface area contributed by atoms with Gasteiger partial charge in [0, 0.05) is 20.4 Å². The molecule has 1 fully saturated rings. The quantitative estimate of drug-likeness (QED) is 0.729. The fourth-order valence-corrected chi connectivity index (χ4v) is 2.72. The predicted octanol–water partition coefficient (Wildman–Crippen LogP) is 4.50. The van der Waals surface area contributed by atoms with Crippen LogP contribution in [0.2, 0.25) is 0 Å². The largest absolute Gasteiger partial charge is 0.294 e. The summed E-state index contributed by atoms with van der Waals surface area (Å²) in [6.07, 6.45) is 3.30. The van der Waals surface area contributed by atoms with Crippen LogP contribution in [-0.2, 0) is 0 Å². The van der Waals surface area contributed by atoms with Crippen molar-refractivity contribution in [3.63, 3.8) is 0 Å². The van der Waals surface area contributed by atoms with Gasteiger partial charge in [0.15, 0.2) is 5.78 Å². The Hall–Kier alpha value is -0.150. The first-order chi connectivity index (χ1) is 7.09. The van der Waals surface area contributed by atoms with Crippen molar-refractivity contribution in [1.29, 1.82) is 0 Å². The molecule has 1 nitrogen and oxygen atoms in total. The van der Waals surface area contributed by atoms with Gasteiger partial charge in [0.25, 0.3) is 0 Å². The minimum absolute atomic E-state index is 0.260. The van der Waals surface area contributed by atoms with Crippen molar-refractivity contribution in [2.45, 2.75) is 26.2 Å². The van der Waals surface area contributed by atoms with E-state index in [1.165, 1.54) is 6.42 Å². The monoisotopic (exact) mass is 330 g/mol. The van der Waals surface area contributed by atoms with Gasteiger partial charge < -0.3 is 0 Å². The van der Waals surface area contributed by atoms with Crippen LogP contribution in [0.4, 0.5) is 0 Å². The highest BCUT2D eigenvalue weighted by Gasteiger charge is 2.27. The zero-order valence-corrected chi connectivity index (χ0v) is 11.7. The summed E-state index contributed by atoms with van der Waals surface area (Å²) in [5.41, 5.74) is 1.96. The molecule has 2 rings (SSSR count). The van der Waals surface area contributed by atoms with E-state index in [0.717, 1.165) is 32.9 Å². The molecule has 0 aromatic heterocycles. The lowest BCUT2D eigenvalue weighted by atomic mass is 9.80. The van der Waals surface area contributed by atoms with Crippen LogP contribution >= 0.6 is 31.9 Å². The maximum absolute atomic E-state index is 12.1. The van der Waals surface area contributed by atoms with Crippen molar-refractivity contribution >= 4 is 37.6 Å². The van der Waals surface area contributed by atoms with Gasteiger partial charge in [-0.15, -0.1) is 0 Å². The smallest absolute Gasteiger partial charge is 0.167 e. The molecule has 1 aromatic rings. The zero-order valence-electron chi connectivity index (χ0n) is 8.52. The lowest BCUT2D eigenvalue weighted by molar-refractivity contribution is 0.0854. The van der Waals surface area contributed by atoms with E-state index in [2.05, 4.69) is 31.9 Å². The zero-order chi connectivity index (χ0) is 11.0. The molecule has 1 aliphatic carbocycles. The van der Waals surface area contributed by atoms with Crippen molar-refractivity contribution in [3.05, 3.63) is 32.2 Å². The minimum atomic E-state index is 0.260. The molecular formula is C12H12Br2O. The Balaban J connectivity index is 2.34. The van der Waals surface area contributed by atoms with Crippen molar-refractivity contribution in [1.82, 2.24) is 0 Å². The number of benzene rings is 1. The summed E-state index contributed by atoms with van der Waals surface area (Å²) in [6.45, 7) is 2.02. The number of Topliss-reactive ketones (excluding diaryl/α,β-unsaturated/α-hetero) is 1. The van der Waals surface area contributed by atoms with Crippen LogP contribution < -0.4 is 0 Å². The Labute approximate surface area is 107 Å². The summed E-state index contributed by atoms with van der Waals surface area (Å²) in [5.74, 6) is 0.546. The van der Waals surface area contributed by atoms with E-state index < -0.39 is 0 Å². The molecule has 1 aliphatic rings. The first-order valence-corrected chi connectivity index (χ1v) is 6.68. The Morgan fingerprint density at radius 3 is 2.47 bits per heavy atom. The molecule has 0 spiro atoms. The average molecular weight is 332 g/mol. The van der Waals surface area contributed by atoms with Crippen molar-refractivity contribution in [3.8, 4) is 0 Å². The van der Waals surface area contributed by atoms with Gasteiger partial charge in [0.1, 0.15) is 0 Å². The standard InChI is InChI=1S/C12H12Br2O/c1-7-5-11(14)9(6-10(7)13)12(15)8-3-2-4-8/h5-6,8H,2-4H2,1H3.